The molecule has 22 heavy (non-hydrogen) atoms. The SMILES string of the molecule is COc1cc(C)ccc1NC(=O)CNC(=O)[C@@H](N)C(C)C.Cl. The molecule has 0 saturated heterocycles. The third-order valence-electron chi connectivity index (χ3n) is 3.08. The number of rotatable bonds is 6. The Morgan fingerprint density at radius 1 is 1.32 bits per heavy atom. The van der Waals surface area contributed by atoms with Crippen molar-refractivity contribution in [2.75, 3.05) is 19.0 Å². The Kier molecular flexibility index (Phi) is 8.52. The summed E-state index contributed by atoms with van der Waals surface area (Å²) in [5.74, 6) is -0.0729. The lowest BCUT2D eigenvalue weighted by molar-refractivity contribution is -0.125. The molecule has 0 saturated carbocycles. The fraction of sp³-hybridized carbons (Fsp3) is 0.467. The van der Waals surface area contributed by atoms with Gasteiger partial charge in [0, 0.05) is 0 Å². The van der Waals surface area contributed by atoms with E-state index in [4.69, 9.17) is 10.5 Å². The molecular weight excluding hydrogens is 306 g/mol. The number of aryl methyl sites for hydroxylation is 1. The third kappa shape index (κ3) is 5.91. The van der Waals surface area contributed by atoms with Crippen molar-refractivity contribution in [3.8, 4) is 5.75 Å². The van der Waals surface area contributed by atoms with Crippen LogP contribution < -0.4 is 21.1 Å². The normalized spacial score (nSPS) is 11.4. The van der Waals surface area contributed by atoms with E-state index in [1.54, 1.807) is 6.07 Å². The average molecular weight is 330 g/mol. The minimum absolute atomic E-state index is 0. The summed E-state index contributed by atoms with van der Waals surface area (Å²) in [6.07, 6.45) is 0. The molecule has 0 bridgehead atoms. The highest BCUT2D eigenvalue weighted by Gasteiger charge is 2.17. The Balaban J connectivity index is 0.00000441. The number of nitrogens with two attached hydrogens (primary N) is 1. The van der Waals surface area contributed by atoms with Gasteiger partial charge in [-0.3, -0.25) is 9.59 Å². The fourth-order valence-electron chi connectivity index (χ4n) is 1.68. The van der Waals surface area contributed by atoms with Gasteiger partial charge in [-0.25, -0.2) is 0 Å². The molecule has 0 fully saturated rings. The lowest BCUT2D eigenvalue weighted by atomic mass is 10.1. The molecule has 0 spiro atoms. The van der Waals surface area contributed by atoms with Crippen LogP contribution in [0.2, 0.25) is 0 Å². The summed E-state index contributed by atoms with van der Waals surface area (Å²) in [5, 5.41) is 5.21. The van der Waals surface area contributed by atoms with E-state index in [9.17, 15) is 9.59 Å². The maximum Gasteiger partial charge on any atom is 0.243 e. The number of methoxy groups -OCH3 is 1. The number of carbonyl (C=O) groups excluding carboxylic acids is 2. The number of carbonyl (C=O) groups is 2. The van der Waals surface area contributed by atoms with Crippen molar-refractivity contribution >= 4 is 29.9 Å². The summed E-state index contributed by atoms with van der Waals surface area (Å²) < 4.78 is 5.20. The predicted molar refractivity (Wildman–Crippen MR) is 89.4 cm³/mol. The van der Waals surface area contributed by atoms with Crippen LogP contribution in [0.15, 0.2) is 18.2 Å². The van der Waals surface area contributed by atoms with Crippen LogP contribution in [0.3, 0.4) is 0 Å². The predicted octanol–water partition coefficient (Wildman–Crippen LogP) is 1.46. The van der Waals surface area contributed by atoms with E-state index in [-0.39, 0.29) is 36.7 Å². The molecule has 1 aromatic carbocycles. The van der Waals surface area contributed by atoms with Crippen LogP contribution in [-0.4, -0.2) is 31.5 Å². The maximum absolute atomic E-state index is 11.8. The number of ether oxygens (including phenoxy) is 1. The van der Waals surface area contributed by atoms with Crippen LogP contribution in [0.1, 0.15) is 19.4 Å². The second kappa shape index (κ2) is 9.27. The van der Waals surface area contributed by atoms with Crippen LogP contribution in [0.4, 0.5) is 5.69 Å². The van der Waals surface area contributed by atoms with E-state index in [0.717, 1.165) is 5.56 Å². The van der Waals surface area contributed by atoms with Gasteiger partial charge in [0.15, 0.2) is 0 Å². The molecule has 124 valence electrons. The van der Waals surface area contributed by atoms with Gasteiger partial charge in [0.2, 0.25) is 11.8 Å². The van der Waals surface area contributed by atoms with Gasteiger partial charge in [0.1, 0.15) is 5.75 Å². The van der Waals surface area contributed by atoms with Crippen LogP contribution in [-0.2, 0) is 9.59 Å². The lowest BCUT2D eigenvalue weighted by Gasteiger charge is -2.15. The quantitative estimate of drug-likeness (QED) is 0.736. The first-order chi connectivity index (χ1) is 9.85. The molecule has 1 rings (SSSR count). The number of hydrogen-bond donors (Lipinski definition) is 3. The van der Waals surface area contributed by atoms with Gasteiger partial charge in [-0.15, -0.1) is 12.4 Å². The summed E-state index contributed by atoms with van der Waals surface area (Å²) >= 11 is 0. The van der Waals surface area contributed by atoms with Crippen molar-refractivity contribution in [2.24, 2.45) is 11.7 Å². The molecule has 0 heterocycles. The lowest BCUT2D eigenvalue weighted by Crippen LogP contribution is -2.46. The zero-order chi connectivity index (χ0) is 16.0. The van der Waals surface area contributed by atoms with Crippen molar-refractivity contribution in [3.63, 3.8) is 0 Å². The monoisotopic (exact) mass is 329 g/mol. The van der Waals surface area contributed by atoms with Crippen LogP contribution in [0.25, 0.3) is 0 Å². The van der Waals surface area contributed by atoms with E-state index in [2.05, 4.69) is 10.6 Å². The van der Waals surface area contributed by atoms with Gasteiger partial charge in [0.05, 0.1) is 25.4 Å². The topological polar surface area (TPSA) is 93.5 Å². The van der Waals surface area contributed by atoms with Gasteiger partial charge in [-0.1, -0.05) is 19.9 Å². The first kappa shape index (κ1) is 20.2. The van der Waals surface area contributed by atoms with Crippen molar-refractivity contribution in [3.05, 3.63) is 23.8 Å². The first-order valence-electron chi connectivity index (χ1n) is 6.83. The highest BCUT2D eigenvalue weighted by Crippen LogP contribution is 2.24. The number of anilines is 1. The molecule has 6 nitrogen and oxygen atoms in total. The maximum atomic E-state index is 11.8. The molecule has 0 aromatic heterocycles. The number of nitrogens with one attached hydrogen (secondary N) is 2. The summed E-state index contributed by atoms with van der Waals surface area (Å²) in [6.45, 7) is 5.50. The minimum Gasteiger partial charge on any atom is -0.495 e. The standard InChI is InChI=1S/C15H23N3O3.ClH/c1-9(2)14(16)15(20)17-8-13(19)18-11-6-5-10(3)7-12(11)21-4;/h5-7,9,14H,8,16H2,1-4H3,(H,17,20)(H,18,19);1H/t14-;/m0./s1. The number of benzene rings is 1. The Morgan fingerprint density at radius 2 is 1.95 bits per heavy atom. The summed E-state index contributed by atoms with van der Waals surface area (Å²) in [5.41, 5.74) is 7.29. The zero-order valence-corrected chi connectivity index (χ0v) is 14.1. The Morgan fingerprint density at radius 3 is 2.50 bits per heavy atom. The second-order valence-corrected chi connectivity index (χ2v) is 5.24. The highest BCUT2D eigenvalue weighted by atomic mass is 35.5. The smallest absolute Gasteiger partial charge is 0.243 e. The largest absolute Gasteiger partial charge is 0.495 e. The van der Waals surface area contributed by atoms with Gasteiger partial charge >= 0.3 is 0 Å². The molecule has 0 radical (unpaired) electrons. The van der Waals surface area contributed by atoms with Gasteiger partial charge in [-0.2, -0.15) is 0 Å². The van der Waals surface area contributed by atoms with Gasteiger partial charge in [0.25, 0.3) is 0 Å². The van der Waals surface area contributed by atoms with Crippen molar-refractivity contribution in [1.82, 2.24) is 5.32 Å². The Bertz CT molecular complexity index is 521. The number of halogens is 1. The fourth-order valence-corrected chi connectivity index (χ4v) is 1.68. The van der Waals surface area contributed by atoms with Crippen molar-refractivity contribution in [2.45, 2.75) is 26.8 Å². The second-order valence-electron chi connectivity index (χ2n) is 5.24. The summed E-state index contributed by atoms with van der Waals surface area (Å²) in [4.78, 5) is 23.5. The zero-order valence-electron chi connectivity index (χ0n) is 13.3. The number of hydrogen-bond acceptors (Lipinski definition) is 4. The van der Waals surface area contributed by atoms with E-state index in [0.29, 0.717) is 11.4 Å². The molecule has 0 aliphatic carbocycles. The van der Waals surface area contributed by atoms with E-state index >= 15 is 0 Å². The van der Waals surface area contributed by atoms with Gasteiger partial charge in [-0.05, 0) is 30.5 Å². The Hall–Kier alpha value is -1.79. The molecule has 0 aliphatic rings. The van der Waals surface area contributed by atoms with E-state index in [1.807, 2.05) is 32.9 Å². The summed E-state index contributed by atoms with van der Waals surface area (Å²) in [6, 6.07) is 4.83. The first-order valence-corrected chi connectivity index (χ1v) is 6.83. The van der Waals surface area contributed by atoms with Crippen molar-refractivity contribution in [1.29, 1.82) is 0 Å². The Labute approximate surface area is 137 Å². The molecule has 0 unspecified atom stereocenters. The third-order valence-corrected chi connectivity index (χ3v) is 3.08. The van der Waals surface area contributed by atoms with Crippen LogP contribution >= 0.6 is 12.4 Å². The minimum atomic E-state index is -0.619. The van der Waals surface area contributed by atoms with Gasteiger partial charge < -0.3 is 21.1 Å². The number of amides is 2. The highest BCUT2D eigenvalue weighted by molar-refractivity contribution is 5.96. The van der Waals surface area contributed by atoms with E-state index in [1.165, 1.54) is 7.11 Å². The molecular formula is C15H24ClN3O3. The average Bonchev–Trinajstić information content (AvgIpc) is 2.45. The molecule has 2 amide bonds. The van der Waals surface area contributed by atoms with E-state index < -0.39 is 6.04 Å². The molecule has 1 atom stereocenters. The molecule has 0 aliphatic heterocycles. The summed E-state index contributed by atoms with van der Waals surface area (Å²) in [7, 11) is 1.54. The molecule has 7 heteroatoms. The van der Waals surface area contributed by atoms with Crippen molar-refractivity contribution < 1.29 is 14.3 Å². The van der Waals surface area contributed by atoms with Crippen LogP contribution in [0.5, 0.6) is 5.75 Å². The molecule has 4 N–H and O–H groups in total. The van der Waals surface area contributed by atoms with Crippen LogP contribution in [0, 0.1) is 12.8 Å². The molecule has 1 aromatic rings.